The van der Waals surface area contributed by atoms with Gasteiger partial charge in [0.15, 0.2) is 15.6 Å². The fourth-order valence-corrected chi connectivity index (χ4v) is 2.69. The fraction of sp³-hybridized carbons (Fsp3) is 0.250. The van der Waals surface area contributed by atoms with Crippen LogP contribution >= 0.6 is 0 Å². The van der Waals surface area contributed by atoms with Crippen LogP contribution in [-0.4, -0.2) is 25.4 Å². The third kappa shape index (κ3) is 3.55. The Bertz CT molecular complexity index is 764. The average molecular weight is 303 g/mol. The molecule has 0 aliphatic carbocycles. The Morgan fingerprint density at radius 2 is 1.71 bits per heavy atom. The molecule has 0 N–H and O–H groups in total. The molecule has 0 spiro atoms. The average Bonchev–Trinajstić information content (AvgIpc) is 2.45. The van der Waals surface area contributed by atoms with Gasteiger partial charge in [-0.3, -0.25) is 9.78 Å². The molecule has 0 fully saturated rings. The van der Waals surface area contributed by atoms with Gasteiger partial charge in [0.1, 0.15) is 5.69 Å². The molecule has 110 valence electrons. The number of pyridine rings is 1. The maximum Gasteiger partial charge on any atom is 0.188 e. The highest BCUT2D eigenvalue weighted by molar-refractivity contribution is 7.90. The van der Waals surface area contributed by atoms with Crippen molar-refractivity contribution in [3.63, 3.8) is 0 Å². The van der Waals surface area contributed by atoms with E-state index in [0.29, 0.717) is 5.69 Å². The van der Waals surface area contributed by atoms with Gasteiger partial charge in [-0.2, -0.15) is 0 Å². The Morgan fingerprint density at radius 1 is 1.10 bits per heavy atom. The van der Waals surface area contributed by atoms with Crippen molar-refractivity contribution in [2.45, 2.75) is 24.7 Å². The van der Waals surface area contributed by atoms with Crippen LogP contribution in [0.1, 0.15) is 34.6 Å². The third-order valence-corrected chi connectivity index (χ3v) is 4.47. The molecular weight excluding hydrogens is 286 g/mol. The molecule has 0 aliphatic heterocycles. The predicted octanol–water partition coefficient (Wildman–Crippen LogP) is 2.78. The minimum atomic E-state index is -3.22. The van der Waals surface area contributed by atoms with Crippen molar-refractivity contribution < 1.29 is 13.2 Å². The van der Waals surface area contributed by atoms with E-state index >= 15 is 0 Å². The molecule has 2 aromatic rings. The van der Waals surface area contributed by atoms with Crippen LogP contribution in [0.25, 0.3) is 0 Å². The maximum atomic E-state index is 12.4. The Hall–Kier alpha value is -2.01. The predicted molar refractivity (Wildman–Crippen MR) is 81.3 cm³/mol. The number of sulfone groups is 1. The number of Topliss-reactive ketones (excluding diaryl/α,β-unsaturated/α-hetero) is 1. The molecule has 4 nitrogen and oxygen atoms in total. The molecular formula is C16H17NO3S. The minimum Gasteiger partial charge on any atom is -0.292 e. The molecule has 0 amide bonds. The first-order valence-corrected chi connectivity index (χ1v) is 8.46. The monoisotopic (exact) mass is 303 g/mol. The van der Waals surface area contributed by atoms with Crippen molar-refractivity contribution in [3.8, 4) is 0 Å². The topological polar surface area (TPSA) is 64.1 Å². The van der Waals surface area contributed by atoms with E-state index in [1.165, 1.54) is 12.1 Å². The second-order valence-corrected chi connectivity index (χ2v) is 7.11. The lowest BCUT2D eigenvalue weighted by atomic mass is 9.94. The van der Waals surface area contributed by atoms with Gasteiger partial charge in [-0.1, -0.05) is 25.1 Å². The van der Waals surface area contributed by atoms with E-state index in [-0.39, 0.29) is 16.6 Å². The summed E-state index contributed by atoms with van der Waals surface area (Å²) >= 11 is 0. The maximum absolute atomic E-state index is 12.4. The summed E-state index contributed by atoms with van der Waals surface area (Å²) in [6.45, 7) is 3.63. The van der Waals surface area contributed by atoms with E-state index in [1.807, 2.05) is 13.0 Å². The van der Waals surface area contributed by atoms with E-state index in [1.54, 1.807) is 31.2 Å². The van der Waals surface area contributed by atoms with Crippen LogP contribution in [0.3, 0.4) is 0 Å². The van der Waals surface area contributed by atoms with Crippen LogP contribution in [0.2, 0.25) is 0 Å². The number of benzene rings is 1. The van der Waals surface area contributed by atoms with E-state index in [4.69, 9.17) is 0 Å². The minimum absolute atomic E-state index is 0.0780. The summed E-state index contributed by atoms with van der Waals surface area (Å²) in [5.41, 5.74) is 1.99. The highest BCUT2D eigenvalue weighted by Gasteiger charge is 2.19. The second-order valence-electron chi connectivity index (χ2n) is 5.09. The number of hydrogen-bond acceptors (Lipinski definition) is 4. The molecule has 2 rings (SSSR count). The van der Waals surface area contributed by atoms with Crippen molar-refractivity contribution in [2.75, 3.05) is 6.26 Å². The quantitative estimate of drug-likeness (QED) is 0.815. The van der Waals surface area contributed by atoms with E-state index < -0.39 is 9.84 Å². The lowest BCUT2D eigenvalue weighted by Gasteiger charge is -2.11. The normalized spacial score (nSPS) is 12.9. The standard InChI is InChI=1S/C16H17NO3S/c1-11-5-4-6-15(17-11)16(18)12(2)13-7-9-14(10-8-13)21(3,19)20/h4-10,12H,1-3H3. The van der Waals surface area contributed by atoms with Gasteiger partial charge in [-0.15, -0.1) is 0 Å². The molecule has 21 heavy (non-hydrogen) atoms. The van der Waals surface area contributed by atoms with Gasteiger partial charge in [0.25, 0.3) is 0 Å². The summed E-state index contributed by atoms with van der Waals surface area (Å²) < 4.78 is 22.9. The molecule has 1 aromatic heterocycles. The van der Waals surface area contributed by atoms with E-state index in [2.05, 4.69) is 4.98 Å². The summed E-state index contributed by atoms with van der Waals surface area (Å²) in [7, 11) is -3.22. The van der Waals surface area contributed by atoms with E-state index in [0.717, 1.165) is 17.5 Å². The number of ketones is 1. The lowest BCUT2D eigenvalue weighted by molar-refractivity contribution is 0.0961. The van der Waals surface area contributed by atoms with Gasteiger partial charge < -0.3 is 0 Å². The zero-order valence-electron chi connectivity index (χ0n) is 12.2. The van der Waals surface area contributed by atoms with Crippen LogP contribution in [-0.2, 0) is 9.84 Å². The van der Waals surface area contributed by atoms with Crippen LogP contribution < -0.4 is 0 Å². The molecule has 0 aliphatic rings. The molecule has 0 saturated heterocycles. The molecule has 1 unspecified atom stereocenters. The first-order chi connectivity index (χ1) is 9.79. The summed E-state index contributed by atoms with van der Waals surface area (Å²) in [5, 5.41) is 0. The van der Waals surface area contributed by atoms with Crippen molar-refractivity contribution in [2.24, 2.45) is 0 Å². The highest BCUT2D eigenvalue weighted by atomic mass is 32.2. The number of aryl methyl sites for hydroxylation is 1. The smallest absolute Gasteiger partial charge is 0.188 e. The van der Waals surface area contributed by atoms with Crippen molar-refractivity contribution >= 4 is 15.6 Å². The molecule has 5 heteroatoms. The summed E-state index contributed by atoms with van der Waals surface area (Å²) in [6, 6.07) is 11.7. The zero-order chi connectivity index (χ0) is 15.6. The Kier molecular flexibility index (Phi) is 4.23. The van der Waals surface area contributed by atoms with Crippen LogP contribution in [0, 0.1) is 6.92 Å². The van der Waals surface area contributed by atoms with Crippen molar-refractivity contribution in [1.82, 2.24) is 4.98 Å². The van der Waals surface area contributed by atoms with Gasteiger partial charge >= 0.3 is 0 Å². The first-order valence-electron chi connectivity index (χ1n) is 6.57. The molecule has 1 aromatic carbocycles. The molecule has 0 saturated carbocycles. The largest absolute Gasteiger partial charge is 0.292 e. The zero-order valence-corrected chi connectivity index (χ0v) is 13.0. The lowest BCUT2D eigenvalue weighted by Crippen LogP contribution is -2.12. The number of carbonyl (C=O) groups excluding carboxylic acids is 1. The van der Waals surface area contributed by atoms with Gasteiger partial charge in [0.2, 0.25) is 0 Å². The summed E-state index contributed by atoms with van der Waals surface area (Å²) in [6.07, 6.45) is 1.16. The molecule has 0 radical (unpaired) electrons. The van der Waals surface area contributed by atoms with Gasteiger partial charge in [-0.05, 0) is 36.8 Å². The Morgan fingerprint density at radius 3 is 2.24 bits per heavy atom. The number of hydrogen-bond donors (Lipinski definition) is 0. The highest BCUT2D eigenvalue weighted by Crippen LogP contribution is 2.21. The SMILES string of the molecule is Cc1cccc(C(=O)C(C)c2ccc(S(C)(=O)=O)cc2)n1. The van der Waals surface area contributed by atoms with Gasteiger partial charge in [-0.25, -0.2) is 8.42 Å². The van der Waals surface area contributed by atoms with Gasteiger partial charge in [0.05, 0.1) is 4.90 Å². The molecule has 1 atom stereocenters. The van der Waals surface area contributed by atoms with Crippen molar-refractivity contribution in [1.29, 1.82) is 0 Å². The number of nitrogens with zero attached hydrogens (tertiary/aromatic N) is 1. The van der Waals surface area contributed by atoms with Crippen LogP contribution in [0.15, 0.2) is 47.4 Å². The van der Waals surface area contributed by atoms with Gasteiger partial charge in [0, 0.05) is 17.9 Å². The van der Waals surface area contributed by atoms with Crippen LogP contribution in [0.5, 0.6) is 0 Å². The second kappa shape index (κ2) is 5.77. The number of rotatable bonds is 4. The van der Waals surface area contributed by atoms with Crippen molar-refractivity contribution in [3.05, 3.63) is 59.4 Å². The number of carbonyl (C=O) groups is 1. The first kappa shape index (κ1) is 15.4. The molecule has 1 heterocycles. The third-order valence-electron chi connectivity index (χ3n) is 3.34. The Balaban J connectivity index is 2.28. The van der Waals surface area contributed by atoms with E-state index in [9.17, 15) is 13.2 Å². The summed E-state index contributed by atoms with van der Waals surface area (Å²) in [4.78, 5) is 16.9. The Labute approximate surface area is 124 Å². The summed E-state index contributed by atoms with van der Waals surface area (Å²) in [5.74, 6) is -0.446. The van der Waals surface area contributed by atoms with Crippen LogP contribution in [0.4, 0.5) is 0 Å². The fourth-order valence-electron chi connectivity index (χ4n) is 2.06. The number of aromatic nitrogens is 1. The molecule has 0 bridgehead atoms.